The van der Waals surface area contributed by atoms with Gasteiger partial charge in [0.15, 0.2) is 0 Å². The lowest BCUT2D eigenvalue weighted by molar-refractivity contribution is -0.274. The molecule has 3 saturated carbocycles. The first-order chi connectivity index (χ1) is 20.8. The maximum atomic E-state index is 14.8. The third-order valence-electron chi connectivity index (χ3n) is 8.70. The molecule has 9 nitrogen and oxygen atoms in total. The van der Waals surface area contributed by atoms with Gasteiger partial charge in [-0.25, -0.2) is 12.8 Å². The average Bonchev–Trinajstić information content (AvgIpc) is 3.89. The molecule has 3 atom stereocenters. The predicted octanol–water partition coefficient (Wildman–Crippen LogP) is 4.97. The van der Waals surface area contributed by atoms with E-state index in [9.17, 15) is 40.4 Å². The molecule has 236 valence electrons. The smallest absolute Gasteiger partial charge is 0.406 e. The maximum absolute atomic E-state index is 14.8. The van der Waals surface area contributed by atoms with Crippen LogP contribution in [0.2, 0.25) is 0 Å². The van der Waals surface area contributed by atoms with E-state index in [2.05, 4.69) is 9.46 Å². The summed E-state index contributed by atoms with van der Waals surface area (Å²) in [6, 6.07) is 7.56. The maximum Gasteiger partial charge on any atom is 0.573 e. The summed E-state index contributed by atoms with van der Waals surface area (Å²) in [5, 5.41) is -0.574. The van der Waals surface area contributed by atoms with Crippen molar-refractivity contribution in [3.63, 3.8) is 0 Å². The topological polar surface area (TPSA) is 113 Å². The molecule has 3 fully saturated rings. The van der Waals surface area contributed by atoms with E-state index in [0.717, 1.165) is 31.4 Å². The van der Waals surface area contributed by atoms with Gasteiger partial charge in [0.1, 0.15) is 11.6 Å². The molecule has 0 saturated heterocycles. The number of carbonyl (C=O) groups excluding carboxylic acids is 3. The van der Waals surface area contributed by atoms with Crippen LogP contribution in [0.1, 0.15) is 79.8 Å². The molecule has 4 aliphatic rings. The summed E-state index contributed by atoms with van der Waals surface area (Å²) >= 11 is 0. The fourth-order valence-corrected chi connectivity index (χ4v) is 7.91. The number of hydrogen-bond donors (Lipinski definition) is 1. The minimum atomic E-state index is -4.88. The van der Waals surface area contributed by atoms with Gasteiger partial charge in [0.05, 0.1) is 11.3 Å². The molecule has 44 heavy (non-hydrogen) atoms. The van der Waals surface area contributed by atoms with Crippen molar-refractivity contribution in [1.82, 2.24) is 9.62 Å². The number of halogens is 4. The second-order valence-electron chi connectivity index (χ2n) is 11.9. The first-order valence-electron chi connectivity index (χ1n) is 14.7. The number of alkyl halides is 3. The molecule has 0 spiro atoms. The van der Waals surface area contributed by atoms with Crippen molar-refractivity contribution in [3.8, 4) is 5.75 Å². The molecule has 0 aromatic heterocycles. The number of sulfonamides is 1. The van der Waals surface area contributed by atoms with Crippen molar-refractivity contribution in [2.24, 2.45) is 5.92 Å². The van der Waals surface area contributed by atoms with E-state index in [1.165, 1.54) is 30.3 Å². The Morgan fingerprint density at radius 3 is 2.30 bits per heavy atom. The van der Waals surface area contributed by atoms with E-state index in [1.54, 1.807) is 9.80 Å². The highest BCUT2D eigenvalue weighted by Crippen LogP contribution is 2.53. The first kappa shape index (κ1) is 30.4. The number of amides is 3. The molecular weight excluding hydrogens is 606 g/mol. The number of hydrogen-bond acceptors (Lipinski definition) is 6. The predicted molar refractivity (Wildman–Crippen MR) is 149 cm³/mol. The Kier molecular flexibility index (Phi) is 7.83. The second kappa shape index (κ2) is 11.4. The summed E-state index contributed by atoms with van der Waals surface area (Å²) in [5.41, 5.74) is 0.979. The van der Waals surface area contributed by atoms with Gasteiger partial charge in [-0.2, -0.15) is 0 Å². The molecule has 1 aliphatic heterocycles. The van der Waals surface area contributed by atoms with Crippen LogP contribution in [0.5, 0.6) is 5.75 Å². The van der Waals surface area contributed by atoms with Gasteiger partial charge < -0.3 is 14.5 Å². The highest BCUT2D eigenvalue weighted by Gasteiger charge is 2.51. The quantitative estimate of drug-likeness (QED) is 0.389. The van der Waals surface area contributed by atoms with Crippen molar-refractivity contribution in [2.75, 3.05) is 4.90 Å². The first-order valence-corrected chi connectivity index (χ1v) is 16.2. The summed E-state index contributed by atoms with van der Waals surface area (Å²) < 4.78 is 83.0. The Labute approximate surface area is 251 Å². The molecule has 1 N–H and O–H groups in total. The molecule has 6 rings (SSSR count). The lowest BCUT2D eigenvalue weighted by Gasteiger charge is -2.48. The number of rotatable bonds is 9. The molecular formula is C30H31F4N3O6S. The molecule has 3 amide bonds. The second-order valence-corrected chi connectivity index (χ2v) is 13.8. The lowest BCUT2D eigenvalue weighted by atomic mass is 9.81. The van der Waals surface area contributed by atoms with E-state index in [1.807, 2.05) is 0 Å². The zero-order valence-electron chi connectivity index (χ0n) is 23.6. The number of anilines is 1. The van der Waals surface area contributed by atoms with Gasteiger partial charge >= 0.3 is 6.36 Å². The zero-order valence-corrected chi connectivity index (χ0v) is 24.4. The number of nitrogens with one attached hydrogen (secondary N) is 1. The minimum absolute atomic E-state index is 0.126. The number of benzene rings is 2. The van der Waals surface area contributed by atoms with Gasteiger partial charge in [-0.05, 0) is 81.0 Å². The minimum Gasteiger partial charge on any atom is -0.406 e. The lowest BCUT2D eigenvalue weighted by Crippen LogP contribution is -2.53. The van der Waals surface area contributed by atoms with Gasteiger partial charge in [0.25, 0.3) is 5.91 Å². The SMILES string of the molecule is O=C(CCC(=O)N(C1CC1)[C@H]1c2cc(F)ccc2N(C(=O)c2ccc(OC(F)(F)F)cc2)[C@H]2CCC[C@@H]21)NS(=O)(=O)C1CC1. The van der Waals surface area contributed by atoms with Crippen molar-refractivity contribution in [2.45, 2.75) is 87.5 Å². The molecule has 1 heterocycles. The molecule has 3 aliphatic carbocycles. The van der Waals surface area contributed by atoms with Crippen LogP contribution in [-0.2, 0) is 19.6 Å². The van der Waals surface area contributed by atoms with Gasteiger partial charge in [0.2, 0.25) is 21.8 Å². The highest BCUT2D eigenvalue weighted by atomic mass is 32.2. The van der Waals surface area contributed by atoms with Gasteiger partial charge in [-0.15, -0.1) is 13.2 Å². The Morgan fingerprint density at radius 2 is 1.66 bits per heavy atom. The van der Waals surface area contributed by atoms with Crippen molar-refractivity contribution >= 4 is 33.4 Å². The monoisotopic (exact) mass is 637 g/mol. The Hall–Kier alpha value is -3.68. The summed E-state index contributed by atoms with van der Waals surface area (Å²) in [5.74, 6) is -2.85. The molecule has 2 aromatic rings. The Balaban J connectivity index is 1.28. The van der Waals surface area contributed by atoms with Gasteiger partial charge in [0, 0.05) is 47.7 Å². The molecule has 2 aromatic carbocycles. The third-order valence-corrected chi connectivity index (χ3v) is 10.6. The van der Waals surface area contributed by atoms with E-state index >= 15 is 0 Å². The summed E-state index contributed by atoms with van der Waals surface area (Å²) in [6.07, 6.45) is -1.00. The number of nitrogens with zero attached hydrogens (tertiary/aromatic N) is 2. The van der Waals surface area contributed by atoms with E-state index < -0.39 is 51.1 Å². The van der Waals surface area contributed by atoms with Crippen molar-refractivity contribution in [1.29, 1.82) is 0 Å². The van der Waals surface area contributed by atoms with Crippen LogP contribution in [-0.4, -0.2) is 54.7 Å². The number of fused-ring (bicyclic) bond motifs is 2. The van der Waals surface area contributed by atoms with E-state index in [-0.39, 0.29) is 42.3 Å². The standard InChI is InChI=1S/C30H31F4N3O6S/c31-18-6-13-25-23(16-18)28(36(19-7-8-19)27(39)15-14-26(38)35-44(41,42)21-11-12-21)22-2-1-3-24(22)37(25)29(40)17-4-9-20(10-5-17)43-30(32,33)34/h4-6,9-10,13,16,19,21-22,24,28H,1-3,7-8,11-12,14-15H2,(H,35,38)/t22-,24-,28+/m0/s1. The fraction of sp³-hybridized carbons (Fsp3) is 0.500. The van der Waals surface area contributed by atoms with Gasteiger partial charge in [-0.1, -0.05) is 6.42 Å². The van der Waals surface area contributed by atoms with Crippen LogP contribution in [0.25, 0.3) is 0 Å². The number of carbonyl (C=O) groups is 3. The van der Waals surface area contributed by atoms with E-state index in [4.69, 9.17) is 0 Å². The van der Waals surface area contributed by atoms with Crippen molar-refractivity contribution in [3.05, 3.63) is 59.4 Å². The zero-order chi connectivity index (χ0) is 31.4. The summed E-state index contributed by atoms with van der Waals surface area (Å²) in [7, 11) is -3.74. The van der Waals surface area contributed by atoms with Crippen LogP contribution in [0, 0.1) is 11.7 Å². The van der Waals surface area contributed by atoms with Crippen LogP contribution >= 0.6 is 0 Å². The summed E-state index contributed by atoms with van der Waals surface area (Å²) in [4.78, 5) is 43.3. The largest absolute Gasteiger partial charge is 0.573 e. The van der Waals surface area contributed by atoms with Crippen LogP contribution in [0.3, 0.4) is 0 Å². The Morgan fingerprint density at radius 1 is 0.955 bits per heavy atom. The molecule has 14 heteroatoms. The molecule has 0 radical (unpaired) electrons. The molecule has 0 bridgehead atoms. The Bertz CT molecular complexity index is 1570. The van der Waals surface area contributed by atoms with Crippen molar-refractivity contribution < 1.29 is 45.1 Å². The van der Waals surface area contributed by atoms with Gasteiger partial charge in [-0.3, -0.25) is 19.1 Å². The average molecular weight is 638 g/mol. The number of ether oxygens (including phenoxy) is 1. The normalized spacial score (nSPS) is 23.0. The van der Waals surface area contributed by atoms with Crippen LogP contribution < -0.4 is 14.4 Å². The third kappa shape index (κ3) is 6.26. The van der Waals surface area contributed by atoms with Crippen LogP contribution in [0.4, 0.5) is 23.2 Å². The fourth-order valence-electron chi connectivity index (χ4n) is 6.56. The van der Waals surface area contributed by atoms with E-state index in [0.29, 0.717) is 36.9 Å². The van der Waals surface area contributed by atoms with Crippen LogP contribution in [0.15, 0.2) is 42.5 Å². The highest BCUT2D eigenvalue weighted by molar-refractivity contribution is 7.90. The summed E-state index contributed by atoms with van der Waals surface area (Å²) in [6.45, 7) is 0. The molecule has 0 unspecified atom stereocenters.